The van der Waals surface area contributed by atoms with E-state index in [0.717, 1.165) is 28.4 Å². The van der Waals surface area contributed by atoms with Crippen molar-refractivity contribution in [3.8, 4) is 68.6 Å². The number of rotatable bonds is 24. The highest BCUT2D eigenvalue weighted by Crippen LogP contribution is 2.58. The normalized spacial score (nSPS) is 10.6. The molecule has 142 heavy (non-hydrogen) atoms. The van der Waals surface area contributed by atoms with Gasteiger partial charge < -0.3 is 110 Å². The predicted molar refractivity (Wildman–Crippen MR) is 529 cm³/mol. The summed E-state index contributed by atoms with van der Waals surface area (Å²) in [6, 6.07) is 58.5. The molecule has 0 saturated carbocycles. The van der Waals surface area contributed by atoms with E-state index in [0.29, 0.717) is 98.2 Å². The number of amides is 6. The van der Waals surface area contributed by atoms with E-state index in [1.54, 1.807) is 150 Å². The van der Waals surface area contributed by atoms with Crippen LogP contribution in [0.2, 0.25) is 0 Å². The minimum atomic E-state index is -5.94. The third-order valence-corrected chi connectivity index (χ3v) is 20.9. The summed E-state index contributed by atoms with van der Waals surface area (Å²) in [5, 5.41) is 127. The molecule has 0 aliphatic rings. The Morgan fingerprint density at radius 1 is 0.232 bits per heavy atom. The summed E-state index contributed by atoms with van der Waals surface area (Å²) in [4.78, 5) is 130. The van der Waals surface area contributed by atoms with Crippen molar-refractivity contribution in [2.24, 2.45) is 0 Å². The molecule has 0 saturated heterocycles. The van der Waals surface area contributed by atoms with Gasteiger partial charge in [-0.25, -0.2) is 0 Å². The van der Waals surface area contributed by atoms with E-state index in [4.69, 9.17) is 0 Å². The first-order valence-corrected chi connectivity index (χ1v) is 42.5. The van der Waals surface area contributed by atoms with E-state index >= 15 is 0 Å². The van der Waals surface area contributed by atoms with Gasteiger partial charge in [-0.1, -0.05) is 78.9 Å². The van der Waals surface area contributed by atoms with Crippen LogP contribution in [0.4, 0.5) is 88.9 Å². The first-order chi connectivity index (χ1) is 66.9. The number of aryl methyl sites for hydroxylation is 1. The van der Waals surface area contributed by atoms with Crippen LogP contribution < -0.4 is 58.5 Å². The molecule has 13 rings (SSSR count). The van der Waals surface area contributed by atoms with Crippen LogP contribution in [0.1, 0.15) is 162 Å². The maximum absolute atomic E-state index is 14.5. The van der Waals surface area contributed by atoms with Crippen molar-refractivity contribution in [3.63, 3.8) is 0 Å². The zero-order valence-electron chi connectivity index (χ0n) is 78.0. The van der Waals surface area contributed by atoms with Crippen LogP contribution in [0.25, 0.3) is 11.1 Å². The van der Waals surface area contributed by atoms with Crippen molar-refractivity contribution >= 4 is 127 Å². The molecule has 0 aliphatic carbocycles. The molecule has 13 aromatic carbocycles. The van der Waals surface area contributed by atoms with Crippen molar-refractivity contribution in [1.82, 2.24) is 0 Å². The van der Waals surface area contributed by atoms with Gasteiger partial charge in [0.25, 0.3) is 29.5 Å². The molecular formula is C104H99F6N11O21. The number of halogens is 6. The number of nitrogens with one attached hydrogen (secondary N) is 11. The Labute approximate surface area is 808 Å². The lowest BCUT2D eigenvalue weighted by Gasteiger charge is -2.38. The summed E-state index contributed by atoms with van der Waals surface area (Å²) in [5.41, 5.74) is 0.709. The van der Waals surface area contributed by atoms with Crippen molar-refractivity contribution in [3.05, 3.63) is 327 Å². The van der Waals surface area contributed by atoms with Gasteiger partial charge in [0.15, 0.2) is 28.9 Å². The lowest BCUT2D eigenvalue weighted by molar-refractivity contribution is -0.288. The number of anilines is 11. The van der Waals surface area contributed by atoms with E-state index < -0.39 is 69.7 Å². The Kier molecular flexibility index (Phi) is 37.1. The molecule has 0 radical (unpaired) electrons. The molecule has 6 amide bonds. The van der Waals surface area contributed by atoms with Crippen LogP contribution in [-0.2, 0) is 10.2 Å². The number of phenolic OH excluding ortho intramolecular Hbond substituents is 10. The minimum Gasteiger partial charge on any atom is -0.508 e. The molecular weight excluding hydrogens is 1850 g/mol. The van der Waals surface area contributed by atoms with E-state index in [2.05, 4.69) is 58.5 Å². The number of benzene rings is 13. The average molecular weight is 1950 g/mol. The summed E-state index contributed by atoms with van der Waals surface area (Å²) in [6.07, 6.45) is -11.9. The number of carbonyl (C=O) groups excluding carboxylic acids is 11. The summed E-state index contributed by atoms with van der Waals surface area (Å²) < 4.78 is 86.8. The van der Waals surface area contributed by atoms with E-state index in [1.165, 1.54) is 134 Å². The van der Waals surface area contributed by atoms with E-state index in [9.17, 15) is 130 Å². The van der Waals surface area contributed by atoms with Gasteiger partial charge in [0.2, 0.25) is 11.3 Å². The number of ketones is 5. The topological polar surface area (TPSA) is 522 Å². The average Bonchev–Trinajstić information content (AvgIpc) is 0.710. The fourth-order valence-corrected chi connectivity index (χ4v) is 13.4. The van der Waals surface area contributed by atoms with Gasteiger partial charge in [0, 0.05) is 115 Å². The lowest BCUT2D eigenvalue weighted by atomic mass is 9.72. The molecule has 0 heterocycles. The zero-order chi connectivity index (χ0) is 105. The van der Waals surface area contributed by atoms with E-state index in [1.807, 2.05) is 13.0 Å². The fraction of sp³-hybridized carbons (Fsp3) is 0.144. The van der Waals surface area contributed by atoms with Crippen LogP contribution in [0.15, 0.2) is 255 Å². The maximum atomic E-state index is 14.5. The van der Waals surface area contributed by atoms with Crippen molar-refractivity contribution in [2.45, 2.75) is 66.2 Å². The Hall–Kier alpha value is -18.4. The van der Waals surface area contributed by atoms with Crippen LogP contribution in [0, 0.1) is 6.92 Å². The smallest absolute Gasteiger partial charge is 0.411 e. The number of hydrogen-bond acceptors (Lipinski definition) is 26. The monoisotopic (exact) mass is 1950 g/mol. The standard InChI is InChI=1S/C25H20F6N2O4.C22H20N2O4.2C16H16N2O4.C16H16N2O3.C9H11NO2/c1-13(34)14-4-3-5-15(10-14)22(37)33-19-12-17(7-9-21(19)36)23(24(26,27)28,25(29,30)31)16-6-8-20(35)18(11-16)32-2;1-13(25)14-4-3-5-17(10-14)22(28)24-19-12-16(7-9-21(19)27)15-6-8-20(26)18(11-15)23-2;1-9(19)10-5-11(7-13(20)6-10)16(22)18-14-8-12(17-2)3-4-15(14)21;1-9(19)10-4-3-5-11(6-10)16(22)18-13-7-12(17-2)14(20)8-15(13)21;1-10(19)11-4-3-5-12(8-11)16(21)18-14-9-13(17-2)6-7-15(14)20;1-6-3-4-8(9(12)5-6)10-7(2)11/h3-12,32,35-36H,1-2H3,(H,33,37);3-12,23,26-27H,1-2H3,(H,24,28);2*3-8,17,20-21H,1-2H3,(H,18,22);3-9,17,20H,1-2H3,(H,18,21);3-5,12H,1-2H3,(H,10,11). The highest BCUT2D eigenvalue weighted by Gasteiger charge is 2.73. The Morgan fingerprint density at radius 3 is 0.852 bits per heavy atom. The van der Waals surface area contributed by atoms with Crippen LogP contribution in [-0.4, -0.2) is 163 Å². The van der Waals surface area contributed by atoms with Gasteiger partial charge in [0.05, 0.1) is 51.2 Å². The molecule has 21 N–H and O–H groups in total. The number of aromatic hydroxyl groups is 10. The highest BCUT2D eigenvalue weighted by atomic mass is 19.4. The number of Topliss-reactive ketones (excluding diaryl/α,β-unsaturated/α-hetero) is 5. The second-order valence-electron chi connectivity index (χ2n) is 31.1. The molecule has 13 aromatic rings. The van der Waals surface area contributed by atoms with Gasteiger partial charge >= 0.3 is 12.4 Å². The first kappa shape index (κ1) is 109. The third-order valence-electron chi connectivity index (χ3n) is 20.9. The SMILES string of the molecule is CC(=O)Nc1ccc(C)cc1O.CNc1cc(-c2ccc(O)c(NC(=O)c3cccc(C(C)=O)c3)c2)ccc1O.CNc1cc(C(c2ccc(O)c(NC(=O)c3cccc(C(C)=O)c3)c2)(C(F)(F)F)C(F)(F)F)ccc1O.CNc1cc(NC(=O)c2cccc(C(C)=O)c2)c(O)cc1O.CNc1ccc(O)c(NC(=O)c2cc(O)cc(C(C)=O)c2)c1.CNc1ccc(O)c(NC(=O)c2cccc(C(C)=O)c2)c1. The molecule has 0 bridgehead atoms. The lowest BCUT2D eigenvalue weighted by Crippen LogP contribution is -2.54. The van der Waals surface area contributed by atoms with Crippen LogP contribution >= 0.6 is 0 Å². The summed E-state index contributed by atoms with van der Waals surface area (Å²) in [6.45, 7) is 10.2. The van der Waals surface area contributed by atoms with Gasteiger partial charge in [-0.3, -0.25) is 52.7 Å². The number of carbonyl (C=O) groups is 11. The first-order valence-electron chi connectivity index (χ1n) is 42.5. The number of phenols is 10. The molecule has 0 aromatic heterocycles. The molecule has 0 aliphatic heterocycles. The molecule has 0 atom stereocenters. The molecule has 0 fully saturated rings. The Balaban J connectivity index is 0.000000214. The summed E-state index contributed by atoms with van der Waals surface area (Å²) >= 11 is 0. The van der Waals surface area contributed by atoms with Gasteiger partial charge in [-0.05, 0) is 239 Å². The van der Waals surface area contributed by atoms with Crippen molar-refractivity contribution < 1.29 is 130 Å². The predicted octanol–water partition coefficient (Wildman–Crippen LogP) is 20.0. The summed E-state index contributed by atoms with van der Waals surface area (Å²) in [7, 11) is 7.97. The highest BCUT2D eigenvalue weighted by molar-refractivity contribution is 6.11. The maximum Gasteiger partial charge on any atom is 0.411 e. The zero-order valence-corrected chi connectivity index (χ0v) is 78.0. The summed E-state index contributed by atoms with van der Waals surface area (Å²) in [5.74, 6) is -5.89. The quantitative estimate of drug-likeness (QED) is 0.0116. The second kappa shape index (κ2) is 48.4. The molecule has 0 spiro atoms. The Bertz CT molecular complexity index is 6940. The van der Waals surface area contributed by atoms with Crippen molar-refractivity contribution in [1.29, 1.82) is 0 Å². The largest absolute Gasteiger partial charge is 0.508 e. The minimum absolute atomic E-state index is 0.0231. The van der Waals surface area contributed by atoms with E-state index in [-0.39, 0.29) is 132 Å². The molecule has 32 nitrogen and oxygen atoms in total. The van der Waals surface area contributed by atoms with Gasteiger partial charge in [0.1, 0.15) is 57.5 Å². The Morgan fingerprint density at radius 2 is 0.507 bits per heavy atom. The number of alkyl halides is 6. The third kappa shape index (κ3) is 28.6. The molecule has 738 valence electrons. The molecule has 38 heteroatoms. The van der Waals surface area contributed by atoms with Crippen LogP contribution in [0.5, 0.6) is 57.5 Å². The van der Waals surface area contributed by atoms with Crippen molar-refractivity contribution in [2.75, 3.05) is 93.7 Å². The van der Waals surface area contributed by atoms with Gasteiger partial charge in [-0.2, -0.15) is 26.3 Å². The number of hydrogen-bond donors (Lipinski definition) is 21. The molecule has 0 unspecified atom stereocenters. The second-order valence-corrected chi connectivity index (χ2v) is 31.1. The van der Waals surface area contributed by atoms with Crippen LogP contribution in [0.3, 0.4) is 0 Å². The van der Waals surface area contributed by atoms with Gasteiger partial charge in [-0.15, -0.1) is 0 Å². The fourth-order valence-electron chi connectivity index (χ4n) is 13.4.